The second kappa shape index (κ2) is 5.68. The lowest BCUT2D eigenvalue weighted by atomic mass is 9.79. The average molecular weight is 243 g/mol. The van der Waals surface area contributed by atoms with Crippen LogP contribution in [0.4, 0.5) is 0 Å². The lowest BCUT2D eigenvalue weighted by Gasteiger charge is -2.53. The lowest BCUT2D eigenvalue weighted by molar-refractivity contribution is -0.0690. The summed E-state index contributed by atoms with van der Waals surface area (Å²) in [6.07, 6.45) is 3.31. The standard InChI is InChI=1S/C14H29NO2/c1-6-17-11-12(16)10-15-13(2,3)8-7-9-14(15,4)5/h12,16H,6-11H2,1-5H3. The van der Waals surface area contributed by atoms with Crippen molar-refractivity contribution in [2.45, 2.75) is 71.1 Å². The predicted octanol–water partition coefficient (Wildman–Crippen LogP) is 2.43. The first-order valence-electron chi connectivity index (χ1n) is 6.83. The van der Waals surface area contributed by atoms with Crippen LogP contribution in [0.25, 0.3) is 0 Å². The second-order valence-corrected chi connectivity index (χ2v) is 6.40. The van der Waals surface area contributed by atoms with Gasteiger partial charge in [0.1, 0.15) is 0 Å². The Labute approximate surface area is 106 Å². The molecule has 0 saturated carbocycles. The summed E-state index contributed by atoms with van der Waals surface area (Å²) in [7, 11) is 0. The molecule has 0 bridgehead atoms. The molecule has 0 aromatic rings. The van der Waals surface area contributed by atoms with Gasteiger partial charge < -0.3 is 9.84 Å². The summed E-state index contributed by atoms with van der Waals surface area (Å²) in [5, 5.41) is 10.0. The molecule has 1 fully saturated rings. The van der Waals surface area contributed by atoms with Crippen LogP contribution < -0.4 is 0 Å². The third kappa shape index (κ3) is 3.94. The number of β-amino-alcohol motifs (C(OH)–C–C–N with tert-alkyl or cyclic N) is 1. The van der Waals surface area contributed by atoms with Crippen molar-refractivity contribution in [2.24, 2.45) is 0 Å². The SMILES string of the molecule is CCOCC(O)CN1C(C)(C)CCCC1(C)C. The molecule has 1 N–H and O–H groups in total. The Kier molecular flexibility index (Phi) is 4.99. The summed E-state index contributed by atoms with van der Waals surface area (Å²) in [4.78, 5) is 2.45. The summed E-state index contributed by atoms with van der Waals surface area (Å²) in [6, 6.07) is 0. The summed E-state index contributed by atoms with van der Waals surface area (Å²) in [5.74, 6) is 0. The normalized spacial score (nSPS) is 25.8. The van der Waals surface area contributed by atoms with Gasteiger partial charge in [0, 0.05) is 24.2 Å². The number of rotatable bonds is 5. The second-order valence-electron chi connectivity index (χ2n) is 6.40. The van der Waals surface area contributed by atoms with Crippen molar-refractivity contribution in [3.05, 3.63) is 0 Å². The van der Waals surface area contributed by atoms with Crippen LogP contribution in [0.1, 0.15) is 53.9 Å². The molecule has 1 aliphatic heterocycles. The van der Waals surface area contributed by atoms with E-state index in [0.29, 0.717) is 19.8 Å². The van der Waals surface area contributed by atoms with Gasteiger partial charge in [-0.1, -0.05) is 0 Å². The molecule has 0 radical (unpaired) electrons. The summed E-state index contributed by atoms with van der Waals surface area (Å²) < 4.78 is 5.30. The molecule has 1 atom stereocenters. The highest BCUT2D eigenvalue weighted by Crippen LogP contribution is 2.38. The van der Waals surface area contributed by atoms with E-state index in [4.69, 9.17) is 4.74 Å². The molecule has 0 aliphatic carbocycles. The van der Waals surface area contributed by atoms with Gasteiger partial charge in [-0.05, 0) is 53.9 Å². The molecule has 0 spiro atoms. The van der Waals surface area contributed by atoms with Crippen molar-refractivity contribution in [3.8, 4) is 0 Å². The van der Waals surface area contributed by atoms with E-state index in [-0.39, 0.29) is 17.2 Å². The largest absolute Gasteiger partial charge is 0.389 e. The fourth-order valence-electron chi connectivity index (χ4n) is 3.05. The zero-order valence-corrected chi connectivity index (χ0v) is 12.1. The molecule has 1 rings (SSSR count). The summed E-state index contributed by atoms with van der Waals surface area (Å²) in [5.41, 5.74) is 0.351. The van der Waals surface area contributed by atoms with Gasteiger partial charge in [0.05, 0.1) is 12.7 Å². The van der Waals surface area contributed by atoms with Crippen molar-refractivity contribution >= 4 is 0 Å². The molecule has 17 heavy (non-hydrogen) atoms. The highest BCUT2D eigenvalue weighted by molar-refractivity contribution is 4.97. The van der Waals surface area contributed by atoms with E-state index < -0.39 is 0 Å². The van der Waals surface area contributed by atoms with Crippen molar-refractivity contribution in [3.63, 3.8) is 0 Å². The topological polar surface area (TPSA) is 32.7 Å². The Morgan fingerprint density at radius 3 is 2.18 bits per heavy atom. The number of likely N-dealkylation sites (tertiary alicyclic amines) is 1. The molecule has 1 unspecified atom stereocenters. The minimum absolute atomic E-state index is 0.176. The smallest absolute Gasteiger partial charge is 0.0900 e. The van der Waals surface area contributed by atoms with Gasteiger partial charge in [0.2, 0.25) is 0 Å². The lowest BCUT2D eigenvalue weighted by Crippen LogP contribution is -2.60. The molecule has 0 amide bonds. The molecule has 3 nitrogen and oxygen atoms in total. The quantitative estimate of drug-likeness (QED) is 0.805. The monoisotopic (exact) mass is 243 g/mol. The first kappa shape index (κ1) is 14.9. The van der Waals surface area contributed by atoms with E-state index in [2.05, 4.69) is 32.6 Å². The Morgan fingerprint density at radius 1 is 1.18 bits per heavy atom. The fourth-order valence-corrected chi connectivity index (χ4v) is 3.05. The van der Waals surface area contributed by atoms with Crippen LogP contribution in [0, 0.1) is 0 Å². The Morgan fingerprint density at radius 2 is 1.71 bits per heavy atom. The molecule has 0 aromatic carbocycles. The third-order valence-corrected chi connectivity index (χ3v) is 3.95. The maximum atomic E-state index is 10.0. The van der Waals surface area contributed by atoms with Crippen molar-refractivity contribution in [1.82, 2.24) is 4.90 Å². The number of aliphatic hydroxyl groups excluding tert-OH is 1. The number of hydrogen-bond acceptors (Lipinski definition) is 3. The number of hydrogen-bond donors (Lipinski definition) is 1. The maximum absolute atomic E-state index is 10.0. The highest BCUT2D eigenvalue weighted by atomic mass is 16.5. The zero-order chi connectivity index (χ0) is 13.1. The maximum Gasteiger partial charge on any atom is 0.0900 e. The molecular weight excluding hydrogens is 214 g/mol. The average Bonchev–Trinajstić information content (AvgIpc) is 2.20. The minimum atomic E-state index is -0.383. The van der Waals surface area contributed by atoms with Crippen LogP contribution in [0.5, 0.6) is 0 Å². The van der Waals surface area contributed by atoms with E-state index in [9.17, 15) is 5.11 Å². The van der Waals surface area contributed by atoms with E-state index in [0.717, 1.165) is 0 Å². The molecule has 3 heteroatoms. The summed E-state index contributed by atoms with van der Waals surface area (Å²) >= 11 is 0. The molecule has 1 saturated heterocycles. The molecular formula is C14H29NO2. The first-order chi connectivity index (χ1) is 7.79. The van der Waals surface area contributed by atoms with Gasteiger partial charge in [0.25, 0.3) is 0 Å². The van der Waals surface area contributed by atoms with E-state index in [1.54, 1.807) is 0 Å². The Balaban J connectivity index is 2.63. The van der Waals surface area contributed by atoms with Gasteiger partial charge in [-0.2, -0.15) is 0 Å². The number of aliphatic hydroxyl groups is 1. The van der Waals surface area contributed by atoms with Gasteiger partial charge in [0.15, 0.2) is 0 Å². The minimum Gasteiger partial charge on any atom is -0.389 e. The van der Waals surface area contributed by atoms with Crippen LogP contribution in [-0.2, 0) is 4.74 Å². The highest BCUT2D eigenvalue weighted by Gasteiger charge is 2.41. The number of piperidine rings is 1. The van der Waals surface area contributed by atoms with E-state index in [1.807, 2.05) is 6.92 Å². The molecule has 0 aromatic heterocycles. The molecule has 1 aliphatic rings. The Bertz CT molecular complexity index is 222. The molecule has 102 valence electrons. The van der Waals surface area contributed by atoms with Crippen LogP contribution in [0.2, 0.25) is 0 Å². The van der Waals surface area contributed by atoms with Crippen LogP contribution in [-0.4, -0.2) is 46.9 Å². The van der Waals surface area contributed by atoms with Gasteiger partial charge in [-0.15, -0.1) is 0 Å². The van der Waals surface area contributed by atoms with Crippen LogP contribution in [0.15, 0.2) is 0 Å². The molecule has 1 heterocycles. The van der Waals surface area contributed by atoms with Crippen LogP contribution in [0.3, 0.4) is 0 Å². The van der Waals surface area contributed by atoms with Gasteiger partial charge in [-0.25, -0.2) is 0 Å². The number of nitrogens with zero attached hydrogens (tertiary/aromatic N) is 1. The van der Waals surface area contributed by atoms with Gasteiger partial charge >= 0.3 is 0 Å². The van der Waals surface area contributed by atoms with E-state index >= 15 is 0 Å². The summed E-state index contributed by atoms with van der Waals surface area (Å²) in [6.45, 7) is 12.9. The third-order valence-electron chi connectivity index (χ3n) is 3.95. The van der Waals surface area contributed by atoms with Crippen LogP contribution >= 0.6 is 0 Å². The Hall–Kier alpha value is -0.120. The van der Waals surface area contributed by atoms with Crippen molar-refractivity contribution in [2.75, 3.05) is 19.8 Å². The van der Waals surface area contributed by atoms with Crippen molar-refractivity contribution in [1.29, 1.82) is 0 Å². The fraction of sp³-hybridized carbons (Fsp3) is 1.00. The zero-order valence-electron chi connectivity index (χ0n) is 12.1. The van der Waals surface area contributed by atoms with Crippen molar-refractivity contribution < 1.29 is 9.84 Å². The van der Waals surface area contributed by atoms with Gasteiger partial charge in [-0.3, -0.25) is 4.90 Å². The predicted molar refractivity (Wildman–Crippen MR) is 71.2 cm³/mol. The van der Waals surface area contributed by atoms with E-state index in [1.165, 1.54) is 19.3 Å². The first-order valence-corrected chi connectivity index (χ1v) is 6.83. The number of ether oxygens (including phenoxy) is 1.